The second-order valence-corrected chi connectivity index (χ2v) is 7.36. The summed E-state index contributed by atoms with van der Waals surface area (Å²) in [6.07, 6.45) is 0. The van der Waals surface area contributed by atoms with Crippen molar-refractivity contribution in [3.63, 3.8) is 0 Å². The van der Waals surface area contributed by atoms with E-state index in [-0.39, 0.29) is 6.04 Å². The van der Waals surface area contributed by atoms with Crippen LogP contribution in [0.1, 0.15) is 17.2 Å². The number of hydrogen-bond acceptors (Lipinski definition) is 5. The molecule has 0 bridgehead atoms. The third kappa shape index (κ3) is 4.79. The van der Waals surface area contributed by atoms with Gasteiger partial charge in [-0.15, -0.1) is 10.4 Å². The van der Waals surface area contributed by atoms with Crippen molar-refractivity contribution in [1.29, 1.82) is 0 Å². The molecule has 0 aliphatic heterocycles. The molecule has 0 fully saturated rings. The fraction of sp³-hybridized carbons (Fsp3) is 0.0385. The molecule has 7 nitrogen and oxygen atoms in total. The highest BCUT2D eigenvalue weighted by Gasteiger charge is 2.22. The molecular weight excluding hydrogens is 412 g/mol. The topological polar surface area (TPSA) is 67.9 Å². The van der Waals surface area contributed by atoms with Crippen LogP contribution in [0.25, 0.3) is 11.4 Å². The fourth-order valence-corrected chi connectivity index (χ4v) is 3.51. The van der Waals surface area contributed by atoms with Crippen molar-refractivity contribution in [3.8, 4) is 11.4 Å². The van der Waals surface area contributed by atoms with Gasteiger partial charge in [-0.1, -0.05) is 102 Å². The van der Waals surface area contributed by atoms with Crippen molar-refractivity contribution in [3.05, 3.63) is 132 Å². The van der Waals surface area contributed by atoms with Gasteiger partial charge in [0.2, 0.25) is 0 Å². The minimum absolute atomic E-state index is 0.172. The monoisotopic (exact) mass is 435 g/mol. The van der Waals surface area contributed by atoms with Gasteiger partial charge in [0.1, 0.15) is 11.4 Å². The highest BCUT2D eigenvalue weighted by molar-refractivity contribution is 5.32. The van der Waals surface area contributed by atoms with Crippen LogP contribution >= 0.6 is 0 Å². The number of anilines is 1. The molecule has 0 amide bonds. The zero-order valence-electron chi connectivity index (χ0n) is 17.8. The van der Waals surface area contributed by atoms with Crippen molar-refractivity contribution in [1.82, 2.24) is 20.6 Å². The minimum atomic E-state index is -0.172. The Balaban J connectivity index is 1.41. The molecule has 0 saturated carbocycles. The molecule has 0 saturated heterocycles. The van der Waals surface area contributed by atoms with Crippen LogP contribution in [0.5, 0.6) is 0 Å². The van der Waals surface area contributed by atoms with Gasteiger partial charge in [-0.25, -0.2) is 0 Å². The number of para-hydroxylation sites is 2. The van der Waals surface area contributed by atoms with Crippen LogP contribution in [0.15, 0.2) is 121 Å². The number of hydroxylamine groups is 1. The van der Waals surface area contributed by atoms with E-state index in [0.717, 1.165) is 22.5 Å². The predicted molar refractivity (Wildman–Crippen MR) is 125 cm³/mol. The number of benzene rings is 4. The molecule has 0 aliphatic rings. The standard InChI is InChI=1S/C26H23N6O/c1-5-13-21(14-6-1)25(22-15-7-2-8-16-22)28-33-29-26-27-32(24-19-11-4-12-20-24)30-31(26)23-17-9-3-10-18-23/h1-20,25,28H,(H,27,29,30)/q+1. The van der Waals surface area contributed by atoms with Gasteiger partial charge in [0.25, 0.3) is 0 Å². The third-order valence-electron chi connectivity index (χ3n) is 5.14. The van der Waals surface area contributed by atoms with Gasteiger partial charge >= 0.3 is 5.95 Å². The SMILES string of the molecule is c1ccc(C(NONc2nn(-c3ccccc3)n[n+]2-c2ccccc2)c2ccccc2)cc1. The van der Waals surface area contributed by atoms with Gasteiger partial charge in [0.05, 0.1) is 11.1 Å². The molecule has 5 rings (SSSR count). The number of rotatable bonds is 8. The Morgan fingerprint density at radius 1 is 0.667 bits per heavy atom. The van der Waals surface area contributed by atoms with E-state index in [1.807, 2.05) is 97.1 Å². The van der Waals surface area contributed by atoms with E-state index in [4.69, 9.17) is 4.94 Å². The van der Waals surface area contributed by atoms with Gasteiger partial charge in [-0.2, -0.15) is 5.48 Å². The van der Waals surface area contributed by atoms with E-state index in [0.29, 0.717) is 5.95 Å². The summed E-state index contributed by atoms with van der Waals surface area (Å²) in [5.74, 6) is 0.428. The largest absolute Gasteiger partial charge is 0.431 e. The molecule has 7 heteroatoms. The molecule has 0 unspecified atom stereocenters. The molecule has 2 N–H and O–H groups in total. The van der Waals surface area contributed by atoms with E-state index < -0.39 is 0 Å². The lowest BCUT2D eigenvalue weighted by Gasteiger charge is -2.17. The molecular formula is C26H23N6O+. The van der Waals surface area contributed by atoms with E-state index in [9.17, 15) is 0 Å². The summed E-state index contributed by atoms with van der Waals surface area (Å²) in [7, 11) is 0. The molecule has 0 aliphatic carbocycles. The van der Waals surface area contributed by atoms with Gasteiger partial charge in [0, 0.05) is 5.21 Å². The average molecular weight is 436 g/mol. The molecule has 162 valence electrons. The Hall–Kier alpha value is -4.33. The fourth-order valence-electron chi connectivity index (χ4n) is 3.51. The highest BCUT2D eigenvalue weighted by atomic mass is 16.8. The Kier molecular flexibility index (Phi) is 6.15. The Morgan fingerprint density at radius 3 is 1.76 bits per heavy atom. The third-order valence-corrected chi connectivity index (χ3v) is 5.14. The maximum Gasteiger partial charge on any atom is 0.431 e. The number of nitrogens with one attached hydrogen (secondary N) is 2. The Morgan fingerprint density at radius 2 is 1.18 bits per heavy atom. The Labute approximate surface area is 191 Å². The van der Waals surface area contributed by atoms with Gasteiger partial charge < -0.3 is 0 Å². The van der Waals surface area contributed by atoms with Crippen LogP contribution in [-0.2, 0) is 4.94 Å². The molecule has 1 aromatic heterocycles. The van der Waals surface area contributed by atoms with Gasteiger partial charge in [0.15, 0.2) is 0 Å². The van der Waals surface area contributed by atoms with E-state index in [1.165, 1.54) is 0 Å². The van der Waals surface area contributed by atoms with Crippen molar-refractivity contribution in [2.45, 2.75) is 6.04 Å². The molecule has 33 heavy (non-hydrogen) atoms. The summed E-state index contributed by atoms with van der Waals surface area (Å²) in [4.78, 5) is 7.33. The second kappa shape index (κ2) is 9.86. The molecule has 0 radical (unpaired) electrons. The first-order valence-corrected chi connectivity index (χ1v) is 10.7. The van der Waals surface area contributed by atoms with Crippen LogP contribution in [0.2, 0.25) is 0 Å². The second-order valence-electron chi connectivity index (χ2n) is 7.36. The molecule has 1 heterocycles. The van der Waals surface area contributed by atoms with Crippen LogP contribution in [0.3, 0.4) is 0 Å². The van der Waals surface area contributed by atoms with E-state index >= 15 is 0 Å². The summed E-state index contributed by atoms with van der Waals surface area (Å²) < 4.78 is 1.69. The number of tetrazole rings is 1. The van der Waals surface area contributed by atoms with Gasteiger partial charge in [-0.3, -0.25) is 0 Å². The van der Waals surface area contributed by atoms with Crippen LogP contribution in [0, 0.1) is 0 Å². The molecule has 0 spiro atoms. The summed E-state index contributed by atoms with van der Waals surface area (Å²) in [6.45, 7) is 0. The summed E-state index contributed by atoms with van der Waals surface area (Å²) in [5, 5.41) is 9.21. The summed E-state index contributed by atoms with van der Waals surface area (Å²) in [6, 6.07) is 39.6. The quantitative estimate of drug-likeness (QED) is 0.283. The highest BCUT2D eigenvalue weighted by Crippen LogP contribution is 2.21. The average Bonchev–Trinajstić information content (AvgIpc) is 3.33. The molecule has 5 aromatic rings. The zero-order valence-corrected chi connectivity index (χ0v) is 17.8. The summed E-state index contributed by atoms with van der Waals surface area (Å²) >= 11 is 0. The van der Waals surface area contributed by atoms with Crippen LogP contribution in [0.4, 0.5) is 5.95 Å². The first-order valence-electron chi connectivity index (χ1n) is 10.7. The van der Waals surface area contributed by atoms with E-state index in [2.05, 4.69) is 45.5 Å². The lowest BCUT2D eigenvalue weighted by atomic mass is 10.00. The van der Waals surface area contributed by atoms with Crippen molar-refractivity contribution in [2.24, 2.45) is 0 Å². The number of aromatic nitrogens is 4. The van der Waals surface area contributed by atoms with Gasteiger partial charge in [-0.05, 0) is 40.2 Å². The number of nitrogens with zero attached hydrogens (tertiary/aromatic N) is 4. The van der Waals surface area contributed by atoms with Crippen LogP contribution < -0.4 is 15.6 Å². The first kappa shape index (κ1) is 20.6. The maximum atomic E-state index is 5.77. The smallest absolute Gasteiger partial charge is 0.155 e. The predicted octanol–water partition coefficient (Wildman–Crippen LogP) is 4.18. The molecule has 4 aromatic carbocycles. The minimum Gasteiger partial charge on any atom is -0.155 e. The summed E-state index contributed by atoms with van der Waals surface area (Å²) in [5.41, 5.74) is 9.91. The first-order chi connectivity index (χ1) is 16.4. The maximum absolute atomic E-state index is 5.77. The van der Waals surface area contributed by atoms with Crippen LogP contribution in [-0.4, -0.2) is 15.1 Å². The van der Waals surface area contributed by atoms with Crippen molar-refractivity contribution >= 4 is 5.95 Å². The van der Waals surface area contributed by atoms with E-state index in [1.54, 1.807) is 9.48 Å². The normalized spacial score (nSPS) is 10.9. The lowest BCUT2D eigenvalue weighted by molar-refractivity contribution is -0.649. The molecule has 0 atom stereocenters. The Bertz CT molecular complexity index is 1240. The van der Waals surface area contributed by atoms with Crippen molar-refractivity contribution in [2.75, 3.05) is 5.48 Å². The number of hydrogen-bond donors (Lipinski definition) is 2. The zero-order chi connectivity index (χ0) is 22.3. The van der Waals surface area contributed by atoms with Crippen molar-refractivity contribution < 1.29 is 9.62 Å². The lowest BCUT2D eigenvalue weighted by Crippen LogP contribution is -2.38.